The second kappa shape index (κ2) is 5.38. The second-order valence-corrected chi connectivity index (χ2v) is 4.94. The van der Waals surface area contributed by atoms with E-state index in [4.69, 9.17) is 10.3 Å². The van der Waals surface area contributed by atoms with Gasteiger partial charge in [-0.3, -0.25) is 4.98 Å². The molecule has 2 N–H and O–H groups in total. The number of aryl methyl sites for hydroxylation is 1. The van der Waals surface area contributed by atoms with Crippen LogP contribution in [-0.4, -0.2) is 21.2 Å². The summed E-state index contributed by atoms with van der Waals surface area (Å²) in [5, 5.41) is 5.09. The van der Waals surface area contributed by atoms with Gasteiger partial charge in [0.1, 0.15) is 0 Å². The summed E-state index contributed by atoms with van der Waals surface area (Å²) in [4.78, 5) is 8.70. The van der Waals surface area contributed by atoms with Crippen LogP contribution in [0.4, 0.5) is 0 Å². The smallest absolute Gasteiger partial charge is 0.227 e. The van der Waals surface area contributed by atoms with Gasteiger partial charge in [-0.05, 0) is 37.6 Å². The van der Waals surface area contributed by atoms with Crippen molar-refractivity contribution in [3.8, 4) is 11.4 Å². The third-order valence-corrected chi connectivity index (χ3v) is 3.14. The Labute approximate surface area is 116 Å². The maximum atomic E-state index is 5.72. The van der Waals surface area contributed by atoms with Gasteiger partial charge in [0, 0.05) is 29.6 Å². The Hall–Kier alpha value is -2.27. The minimum absolute atomic E-state index is 0.136. The molecule has 5 nitrogen and oxygen atoms in total. The number of hydrogen-bond donors (Lipinski definition) is 1. The van der Waals surface area contributed by atoms with Gasteiger partial charge >= 0.3 is 0 Å². The molecular weight excluding hydrogens is 252 g/mol. The molecule has 20 heavy (non-hydrogen) atoms. The van der Waals surface area contributed by atoms with Crippen molar-refractivity contribution >= 4 is 10.9 Å². The first-order valence-electron chi connectivity index (χ1n) is 6.66. The SMILES string of the molecule is CC(N)CCc1nc(-c2ccc3ncccc3c2)no1. The lowest BCUT2D eigenvalue weighted by atomic mass is 10.1. The number of hydrogen-bond acceptors (Lipinski definition) is 5. The molecule has 102 valence electrons. The minimum atomic E-state index is 0.136. The third kappa shape index (κ3) is 2.67. The number of aromatic nitrogens is 3. The molecule has 3 rings (SSSR count). The monoisotopic (exact) mass is 268 g/mol. The van der Waals surface area contributed by atoms with Gasteiger partial charge < -0.3 is 10.3 Å². The van der Waals surface area contributed by atoms with Crippen molar-refractivity contribution in [2.75, 3.05) is 0 Å². The van der Waals surface area contributed by atoms with E-state index in [9.17, 15) is 0 Å². The predicted octanol–water partition coefficient (Wildman–Crippen LogP) is 2.56. The third-order valence-electron chi connectivity index (χ3n) is 3.14. The van der Waals surface area contributed by atoms with Crippen LogP contribution in [-0.2, 0) is 6.42 Å². The summed E-state index contributed by atoms with van der Waals surface area (Å²) in [5.41, 5.74) is 7.61. The summed E-state index contributed by atoms with van der Waals surface area (Å²) >= 11 is 0. The van der Waals surface area contributed by atoms with Crippen molar-refractivity contribution < 1.29 is 4.52 Å². The summed E-state index contributed by atoms with van der Waals surface area (Å²) in [6, 6.07) is 10.00. The fourth-order valence-corrected chi connectivity index (χ4v) is 2.04. The van der Waals surface area contributed by atoms with Gasteiger partial charge in [-0.25, -0.2) is 0 Å². The van der Waals surface area contributed by atoms with Crippen molar-refractivity contribution in [1.82, 2.24) is 15.1 Å². The summed E-state index contributed by atoms with van der Waals surface area (Å²) in [6.45, 7) is 1.97. The molecule has 0 aliphatic heterocycles. The average Bonchev–Trinajstić information content (AvgIpc) is 2.93. The van der Waals surface area contributed by atoms with Crippen LogP contribution in [0.3, 0.4) is 0 Å². The van der Waals surface area contributed by atoms with Gasteiger partial charge in [0.25, 0.3) is 0 Å². The Morgan fingerprint density at radius 2 is 2.20 bits per heavy atom. The largest absolute Gasteiger partial charge is 0.339 e. The maximum absolute atomic E-state index is 5.72. The lowest BCUT2D eigenvalue weighted by Gasteiger charge is -1.99. The molecule has 0 aliphatic rings. The van der Waals surface area contributed by atoms with Gasteiger partial charge in [-0.1, -0.05) is 11.2 Å². The standard InChI is InChI=1S/C15H16N4O/c1-10(16)4-7-14-18-15(19-20-14)12-5-6-13-11(9-12)3-2-8-17-13/h2-3,5-6,8-10H,4,7,16H2,1H3. The van der Waals surface area contributed by atoms with Gasteiger partial charge in [0.15, 0.2) is 0 Å². The zero-order chi connectivity index (χ0) is 13.9. The number of nitrogens with zero attached hydrogens (tertiary/aromatic N) is 3. The molecule has 0 radical (unpaired) electrons. The van der Waals surface area contributed by atoms with Crippen LogP contribution in [0.25, 0.3) is 22.3 Å². The molecule has 0 amide bonds. The molecule has 1 unspecified atom stereocenters. The Morgan fingerprint density at radius 1 is 1.30 bits per heavy atom. The number of benzene rings is 1. The minimum Gasteiger partial charge on any atom is -0.339 e. The van der Waals surface area contributed by atoms with Crippen LogP contribution in [0.15, 0.2) is 41.1 Å². The van der Waals surface area contributed by atoms with E-state index < -0.39 is 0 Å². The lowest BCUT2D eigenvalue weighted by Crippen LogP contribution is -2.15. The van der Waals surface area contributed by atoms with Crippen LogP contribution < -0.4 is 5.73 Å². The highest BCUT2D eigenvalue weighted by atomic mass is 16.5. The van der Waals surface area contributed by atoms with Crippen LogP contribution in [0.1, 0.15) is 19.2 Å². The first-order valence-corrected chi connectivity index (χ1v) is 6.66. The van der Waals surface area contributed by atoms with Gasteiger partial charge in [0.2, 0.25) is 11.7 Å². The van der Waals surface area contributed by atoms with Crippen molar-refractivity contribution in [1.29, 1.82) is 0 Å². The Balaban J connectivity index is 1.87. The quantitative estimate of drug-likeness (QED) is 0.786. The van der Waals surface area contributed by atoms with Gasteiger partial charge in [0.05, 0.1) is 5.52 Å². The van der Waals surface area contributed by atoms with Crippen LogP contribution in [0.2, 0.25) is 0 Å². The first kappa shape index (κ1) is 12.7. The lowest BCUT2D eigenvalue weighted by molar-refractivity contribution is 0.372. The fourth-order valence-electron chi connectivity index (χ4n) is 2.04. The number of fused-ring (bicyclic) bond motifs is 1. The molecular formula is C15H16N4O. The average molecular weight is 268 g/mol. The molecule has 1 aromatic carbocycles. The number of pyridine rings is 1. The van der Waals surface area contributed by atoms with Crippen molar-refractivity contribution in [3.05, 3.63) is 42.4 Å². The van der Waals surface area contributed by atoms with Crippen LogP contribution >= 0.6 is 0 Å². The molecule has 5 heteroatoms. The maximum Gasteiger partial charge on any atom is 0.227 e. The zero-order valence-electron chi connectivity index (χ0n) is 11.3. The second-order valence-electron chi connectivity index (χ2n) is 4.94. The molecule has 0 saturated carbocycles. The van der Waals surface area contributed by atoms with Crippen LogP contribution in [0.5, 0.6) is 0 Å². The Kier molecular flexibility index (Phi) is 3.43. The first-order chi connectivity index (χ1) is 9.72. The molecule has 0 aliphatic carbocycles. The molecule has 0 saturated heterocycles. The Bertz CT molecular complexity index is 720. The normalized spacial score (nSPS) is 12.7. The van der Waals surface area contributed by atoms with Crippen molar-refractivity contribution in [2.45, 2.75) is 25.8 Å². The van der Waals surface area contributed by atoms with E-state index in [1.807, 2.05) is 37.3 Å². The molecule has 2 heterocycles. The van der Waals surface area contributed by atoms with E-state index in [2.05, 4.69) is 15.1 Å². The van der Waals surface area contributed by atoms with Gasteiger partial charge in [-0.15, -0.1) is 0 Å². The summed E-state index contributed by atoms with van der Waals surface area (Å²) in [6.07, 6.45) is 3.32. The number of rotatable bonds is 4. The van der Waals surface area contributed by atoms with Crippen LogP contribution in [0, 0.1) is 0 Å². The summed E-state index contributed by atoms with van der Waals surface area (Å²) < 4.78 is 5.25. The number of nitrogens with two attached hydrogens (primary N) is 1. The molecule has 0 fully saturated rings. The highest BCUT2D eigenvalue weighted by Crippen LogP contribution is 2.21. The molecule has 2 aromatic heterocycles. The summed E-state index contributed by atoms with van der Waals surface area (Å²) in [7, 11) is 0. The predicted molar refractivity (Wildman–Crippen MR) is 77.0 cm³/mol. The molecule has 0 spiro atoms. The van der Waals surface area contributed by atoms with Crippen molar-refractivity contribution in [2.24, 2.45) is 5.73 Å². The van der Waals surface area contributed by atoms with E-state index in [1.54, 1.807) is 6.20 Å². The van der Waals surface area contributed by atoms with Gasteiger partial charge in [-0.2, -0.15) is 4.98 Å². The molecule has 1 atom stereocenters. The van der Waals surface area contributed by atoms with E-state index >= 15 is 0 Å². The molecule has 3 aromatic rings. The summed E-state index contributed by atoms with van der Waals surface area (Å²) in [5.74, 6) is 1.24. The molecule has 0 bridgehead atoms. The topological polar surface area (TPSA) is 77.8 Å². The van der Waals surface area contributed by atoms with Crippen molar-refractivity contribution in [3.63, 3.8) is 0 Å². The van der Waals surface area contributed by atoms with E-state index in [-0.39, 0.29) is 6.04 Å². The van der Waals surface area contributed by atoms with E-state index in [1.165, 1.54) is 0 Å². The Morgan fingerprint density at radius 3 is 3.05 bits per heavy atom. The highest BCUT2D eigenvalue weighted by Gasteiger charge is 2.09. The van der Waals surface area contributed by atoms with E-state index in [0.717, 1.165) is 22.9 Å². The zero-order valence-corrected chi connectivity index (χ0v) is 11.3. The van der Waals surface area contributed by atoms with E-state index in [0.29, 0.717) is 18.1 Å². The highest BCUT2D eigenvalue weighted by molar-refractivity contribution is 5.82. The fraction of sp³-hybridized carbons (Fsp3) is 0.267.